The summed E-state index contributed by atoms with van der Waals surface area (Å²) in [5, 5.41) is 14.5. The lowest BCUT2D eigenvalue weighted by atomic mass is 9.92. The Hall–Kier alpha value is -2.12. The highest BCUT2D eigenvalue weighted by molar-refractivity contribution is 5.71. The first-order chi connectivity index (χ1) is 10.8. The van der Waals surface area contributed by atoms with Gasteiger partial charge in [-0.1, -0.05) is 27.7 Å². The van der Waals surface area contributed by atoms with Crippen LogP contribution in [0.2, 0.25) is 0 Å². The first kappa shape index (κ1) is 17.2. The van der Waals surface area contributed by atoms with Gasteiger partial charge in [-0.15, -0.1) is 0 Å². The summed E-state index contributed by atoms with van der Waals surface area (Å²) < 4.78 is 0. The molecule has 2 atom stereocenters. The fraction of sp³-hybridized carbons (Fsp3) is 0.733. The van der Waals surface area contributed by atoms with Crippen molar-refractivity contribution in [2.45, 2.75) is 34.1 Å². The SMILES string of the molecule is CC(C)CNc1nc(N)c([N+](=O)[O-])c(N2CC(C)CC(C)C2)n1. The van der Waals surface area contributed by atoms with E-state index in [0.717, 1.165) is 19.5 Å². The second-order valence-corrected chi connectivity index (χ2v) is 6.99. The van der Waals surface area contributed by atoms with E-state index in [-0.39, 0.29) is 11.5 Å². The summed E-state index contributed by atoms with van der Waals surface area (Å²) in [6.07, 6.45) is 1.11. The standard InChI is InChI=1S/C15H26N6O2/c1-9(2)6-17-15-18-13(16)12(21(22)23)14(19-15)20-7-10(3)5-11(4)8-20/h9-11H,5-8H2,1-4H3,(H3,16,17,18,19). The average molecular weight is 322 g/mol. The molecule has 0 aromatic carbocycles. The number of nitrogens with one attached hydrogen (secondary N) is 1. The number of hydrogen-bond acceptors (Lipinski definition) is 7. The Morgan fingerprint density at radius 1 is 1.35 bits per heavy atom. The molecule has 1 aromatic heterocycles. The molecule has 8 heteroatoms. The van der Waals surface area contributed by atoms with E-state index in [9.17, 15) is 10.1 Å². The van der Waals surface area contributed by atoms with Gasteiger partial charge in [-0.2, -0.15) is 9.97 Å². The molecule has 0 radical (unpaired) electrons. The molecule has 128 valence electrons. The van der Waals surface area contributed by atoms with Crippen molar-refractivity contribution < 1.29 is 4.92 Å². The molecule has 1 aromatic rings. The van der Waals surface area contributed by atoms with E-state index in [0.29, 0.717) is 36.1 Å². The molecule has 1 aliphatic rings. The van der Waals surface area contributed by atoms with Gasteiger partial charge in [0.2, 0.25) is 17.6 Å². The molecule has 0 saturated carbocycles. The third kappa shape index (κ3) is 4.20. The molecule has 0 spiro atoms. The number of nitrogen functional groups attached to an aromatic ring is 1. The highest BCUT2D eigenvalue weighted by Crippen LogP contribution is 2.35. The molecule has 2 heterocycles. The van der Waals surface area contributed by atoms with Crippen molar-refractivity contribution in [3.63, 3.8) is 0 Å². The third-order valence-corrected chi connectivity index (χ3v) is 3.91. The predicted octanol–water partition coefficient (Wildman–Crippen LogP) is 2.52. The maximum absolute atomic E-state index is 11.4. The van der Waals surface area contributed by atoms with Gasteiger partial charge in [0.15, 0.2) is 0 Å². The van der Waals surface area contributed by atoms with Crippen molar-refractivity contribution in [2.75, 3.05) is 35.6 Å². The fourth-order valence-corrected chi connectivity index (χ4v) is 3.07. The largest absolute Gasteiger partial charge is 0.378 e. The molecule has 8 nitrogen and oxygen atoms in total. The summed E-state index contributed by atoms with van der Waals surface area (Å²) in [6.45, 7) is 10.6. The minimum Gasteiger partial charge on any atom is -0.378 e. The number of nitro groups is 1. The van der Waals surface area contributed by atoms with Crippen LogP contribution in [0.3, 0.4) is 0 Å². The molecule has 0 amide bonds. The summed E-state index contributed by atoms with van der Waals surface area (Å²) in [6, 6.07) is 0. The molecule has 2 rings (SSSR count). The zero-order valence-corrected chi connectivity index (χ0v) is 14.2. The Morgan fingerprint density at radius 2 is 1.96 bits per heavy atom. The predicted molar refractivity (Wildman–Crippen MR) is 91.6 cm³/mol. The number of hydrogen-bond donors (Lipinski definition) is 2. The van der Waals surface area contributed by atoms with Gasteiger partial charge in [0.1, 0.15) is 0 Å². The van der Waals surface area contributed by atoms with Crippen molar-refractivity contribution in [3.8, 4) is 0 Å². The summed E-state index contributed by atoms with van der Waals surface area (Å²) in [5.74, 6) is 1.92. The van der Waals surface area contributed by atoms with Crippen molar-refractivity contribution in [3.05, 3.63) is 10.1 Å². The van der Waals surface area contributed by atoms with Crippen LogP contribution < -0.4 is 16.0 Å². The van der Waals surface area contributed by atoms with Crippen LogP contribution >= 0.6 is 0 Å². The Balaban J connectivity index is 2.39. The number of piperidine rings is 1. The van der Waals surface area contributed by atoms with E-state index >= 15 is 0 Å². The van der Waals surface area contributed by atoms with Gasteiger partial charge >= 0.3 is 5.69 Å². The Labute approximate surface area is 136 Å². The molecule has 1 saturated heterocycles. The van der Waals surface area contributed by atoms with Gasteiger partial charge in [-0.25, -0.2) is 0 Å². The summed E-state index contributed by atoms with van der Waals surface area (Å²) >= 11 is 0. The van der Waals surface area contributed by atoms with E-state index in [1.165, 1.54) is 0 Å². The van der Waals surface area contributed by atoms with Crippen LogP contribution in [-0.2, 0) is 0 Å². The van der Waals surface area contributed by atoms with Gasteiger partial charge in [-0.3, -0.25) is 10.1 Å². The van der Waals surface area contributed by atoms with Crippen molar-refractivity contribution >= 4 is 23.3 Å². The molecular formula is C15H26N6O2. The molecule has 0 aliphatic carbocycles. The number of nitrogens with zero attached hydrogens (tertiary/aromatic N) is 4. The van der Waals surface area contributed by atoms with Gasteiger partial charge in [0.05, 0.1) is 4.92 Å². The molecule has 3 N–H and O–H groups in total. The van der Waals surface area contributed by atoms with Gasteiger partial charge in [0.25, 0.3) is 0 Å². The lowest BCUT2D eigenvalue weighted by molar-refractivity contribution is -0.383. The number of nitrogens with two attached hydrogens (primary N) is 1. The van der Waals surface area contributed by atoms with Crippen LogP contribution in [-0.4, -0.2) is 34.5 Å². The van der Waals surface area contributed by atoms with Crippen molar-refractivity contribution in [2.24, 2.45) is 17.8 Å². The Kier molecular flexibility index (Phi) is 5.23. The van der Waals surface area contributed by atoms with Crippen LogP contribution in [0.25, 0.3) is 0 Å². The van der Waals surface area contributed by atoms with E-state index in [1.54, 1.807) is 0 Å². The third-order valence-electron chi connectivity index (χ3n) is 3.91. The Bertz CT molecular complexity index is 567. The van der Waals surface area contributed by atoms with Crippen LogP contribution in [0.5, 0.6) is 0 Å². The molecule has 23 heavy (non-hydrogen) atoms. The van der Waals surface area contributed by atoms with E-state index in [2.05, 4.69) is 43.0 Å². The second-order valence-electron chi connectivity index (χ2n) is 6.99. The van der Waals surface area contributed by atoms with Crippen LogP contribution in [0.4, 0.5) is 23.3 Å². The topological polar surface area (TPSA) is 110 Å². The second kappa shape index (κ2) is 6.97. The zero-order chi connectivity index (χ0) is 17.1. The van der Waals surface area contributed by atoms with E-state index in [4.69, 9.17) is 5.73 Å². The first-order valence-corrected chi connectivity index (χ1v) is 8.08. The van der Waals surface area contributed by atoms with Gasteiger partial charge in [0, 0.05) is 19.6 Å². The van der Waals surface area contributed by atoms with Crippen LogP contribution in [0, 0.1) is 27.9 Å². The monoisotopic (exact) mass is 322 g/mol. The molecule has 2 unspecified atom stereocenters. The van der Waals surface area contributed by atoms with E-state index in [1.807, 2.05) is 4.90 Å². The molecule has 1 fully saturated rings. The maximum Gasteiger partial charge on any atom is 0.353 e. The summed E-state index contributed by atoms with van der Waals surface area (Å²) in [4.78, 5) is 21.4. The summed E-state index contributed by atoms with van der Waals surface area (Å²) in [7, 11) is 0. The molecular weight excluding hydrogens is 296 g/mol. The minimum absolute atomic E-state index is 0.0860. The number of rotatable bonds is 5. The first-order valence-electron chi connectivity index (χ1n) is 8.08. The normalized spacial score (nSPS) is 21.5. The minimum atomic E-state index is -0.485. The maximum atomic E-state index is 11.4. The van der Waals surface area contributed by atoms with E-state index < -0.39 is 4.92 Å². The zero-order valence-electron chi connectivity index (χ0n) is 14.2. The quantitative estimate of drug-likeness (QED) is 0.633. The van der Waals surface area contributed by atoms with Crippen LogP contribution in [0.1, 0.15) is 34.1 Å². The highest BCUT2D eigenvalue weighted by atomic mass is 16.6. The number of anilines is 3. The molecule has 0 bridgehead atoms. The van der Waals surface area contributed by atoms with Gasteiger partial charge < -0.3 is 16.0 Å². The van der Waals surface area contributed by atoms with Gasteiger partial charge in [-0.05, 0) is 24.2 Å². The summed E-state index contributed by atoms with van der Waals surface area (Å²) in [5.41, 5.74) is 5.65. The fourth-order valence-electron chi connectivity index (χ4n) is 3.07. The van der Waals surface area contributed by atoms with Crippen LogP contribution in [0.15, 0.2) is 0 Å². The highest BCUT2D eigenvalue weighted by Gasteiger charge is 2.31. The lowest BCUT2D eigenvalue weighted by Crippen LogP contribution is -2.39. The van der Waals surface area contributed by atoms with Crippen molar-refractivity contribution in [1.82, 2.24) is 9.97 Å². The number of aromatic nitrogens is 2. The molecule has 1 aliphatic heterocycles. The smallest absolute Gasteiger partial charge is 0.353 e. The average Bonchev–Trinajstić information content (AvgIpc) is 2.42. The Morgan fingerprint density at radius 3 is 2.48 bits per heavy atom. The van der Waals surface area contributed by atoms with Crippen molar-refractivity contribution in [1.29, 1.82) is 0 Å². The lowest BCUT2D eigenvalue weighted by Gasteiger charge is -2.35.